The molecule has 8 heteroatoms. The summed E-state index contributed by atoms with van der Waals surface area (Å²) in [5, 5.41) is 38.3. The number of rotatable bonds is 4. The number of carboxylic acid groups (broad SMARTS) is 2. The number of phenolic OH excluding ortho intramolecular Hbond substituents is 2. The van der Waals surface area contributed by atoms with Gasteiger partial charge in [0.1, 0.15) is 11.5 Å². The number of para-hydroxylation sites is 2. The van der Waals surface area contributed by atoms with E-state index in [-0.39, 0.29) is 127 Å². The van der Waals surface area contributed by atoms with Crippen molar-refractivity contribution in [2.45, 2.75) is 12.8 Å². The molecule has 0 radical (unpaired) electrons. The molecule has 0 unspecified atom stereocenters. The van der Waals surface area contributed by atoms with Gasteiger partial charge in [-0.3, -0.25) is 0 Å². The fraction of sp³-hybridized carbons (Fsp3) is 0.125. The Hall–Kier alpha value is 0.253. The van der Waals surface area contributed by atoms with Crippen LogP contribution in [0.25, 0.3) is 0 Å². The van der Waals surface area contributed by atoms with E-state index in [1.165, 1.54) is 12.1 Å². The molecule has 0 saturated carbocycles. The second kappa shape index (κ2) is 14.4. The maximum atomic E-state index is 10.1. The van der Waals surface area contributed by atoms with E-state index >= 15 is 0 Å². The standard InChI is InChI=1S/2C8H8O3.2K/c2*9-7-4-2-1-3-6(7)5-8(10)11;;/h2*1-4,9H,5H2,(H,10,11);;/q;;2*+1/p-2. The molecular formula is C16H14K2O6. The van der Waals surface area contributed by atoms with Crippen molar-refractivity contribution in [1.29, 1.82) is 0 Å². The van der Waals surface area contributed by atoms with E-state index in [1.807, 2.05) is 0 Å². The summed E-state index contributed by atoms with van der Waals surface area (Å²) in [4.78, 5) is 20.2. The van der Waals surface area contributed by atoms with Crippen LogP contribution in [-0.2, 0) is 22.4 Å². The van der Waals surface area contributed by atoms with Gasteiger partial charge in [0.05, 0.1) is 0 Å². The smallest absolute Gasteiger partial charge is 0.550 e. The summed E-state index contributed by atoms with van der Waals surface area (Å²) < 4.78 is 0. The van der Waals surface area contributed by atoms with Crippen LogP contribution in [0.4, 0.5) is 0 Å². The second-order valence-electron chi connectivity index (χ2n) is 4.35. The van der Waals surface area contributed by atoms with E-state index in [9.17, 15) is 19.8 Å². The van der Waals surface area contributed by atoms with E-state index in [0.29, 0.717) is 11.1 Å². The average molecular weight is 380 g/mol. The van der Waals surface area contributed by atoms with Gasteiger partial charge in [-0.2, -0.15) is 0 Å². The molecule has 2 aromatic rings. The van der Waals surface area contributed by atoms with Gasteiger partial charge in [0.25, 0.3) is 0 Å². The summed E-state index contributed by atoms with van der Waals surface area (Å²) in [5.41, 5.74) is 0.764. The third kappa shape index (κ3) is 11.0. The Kier molecular flexibility index (Phi) is 15.9. The predicted molar refractivity (Wildman–Crippen MR) is 73.6 cm³/mol. The van der Waals surface area contributed by atoms with Gasteiger partial charge in [0.2, 0.25) is 0 Å². The van der Waals surface area contributed by atoms with Crippen LogP contribution in [0.5, 0.6) is 11.5 Å². The number of aromatic hydroxyl groups is 2. The molecule has 0 fully saturated rings. The van der Waals surface area contributed by atoms with Crippen LogP contribution >= 0.6 is 0 Å². The third-order valence-electron chi connectivity index (χ3n) is 2.65. The van der Waals surface area contributed by atoms with Crippen LogP contribution in [-0.4, -0.2) is 22.2 Å². The molecule has 0 atom stereocenters. The number of benzene rings is 2. The normalized spacial score (nSPS) is 8.67. The molecule has 2 N–H and O–H groups in total. The largest absolute Gasteiger partial charge is 1.00 e. The van der Waals surface area contributed by atoms with E-state index in [0.717, 1.165) is 0 Å². The first-order valence-electron chi connectivity index (χ1n) is 6.33. The maximum Gasteiger partial charge on any atom is 1.00 e. The number of aliphatic carboxylic acids is 2. The molecule has 0 spiro atoms. The van der Waals surface area contributed by atoms with Crippen molar-refractivity contribution in [3.05, 3.63) is 59.7 Å². The molecule has 0 aliphatic carbocycles. The third-order valence-corrected chi connectivity index (χ3v) is 2.65. The molecule has 0 saturated heterocycles. The predicted octanol–water partition coefficient (Wildman–Crippen LogP) is -6.62. The van der Waals surface area contributed by atoms with Crippen molar-refractivity contribution < 1.29 is 133 Å². The van der Waals surface area contributed by atoms with E-state index < -0.39 is 11.9 Å². The van der Waals surface area contributed by atoms with Crippen molar-refractivity contribution in [2.24, 2.45) is 0 Å². The second-order valence-corrected chi connectivity index (χ2v) is 4.35. The molecule has 0 aliphatic rings. The van der Waals surface area contributed by atoms with Crippen molar-refractivity contribution in [1.82, 2.24) is 0 Å². The maximum absolute atomic E-state index is 10.1. The van der Waals surface area contributed by atoms with Gasteiger partial charge in [0.15, 0.2) is 0 Å². The zero-order valence-electron chi connectivity index (χ0n) is 13.6. The first-order chi connectivity index (χ1) is 10.4. The van der Waals surface area contributed by atoms with E-state index in [1.54, 1.807) is 36.4 Å². The van der Waals surface area contributed by atoms with E-state index in [4.69, 9.17) is 10.2 Å². The van der Waals surface area contributed by atoms with Crippen LogP contribution in [0, 0.1) is 0 Å². The van der Waals surface area contributed by atoms with Crippen LogP contribution in [0.2, 0.25) is 0 Å². The van der Waals surface area contributed by atoms with Crippen LogP contribution in [0.15, 0.2) is 48.5 Å². The quantitative estimate of drug-likeness (QED) is 0.509. The Morgan fingerprint density at radius 2 is 1.00 bits per heavy atom. The van der Waals surface area contributed by atoms with Crippen LogP contribution < -0.4 is 113 Å². The van der Waals surface area contributed by atoms with Gasteiger partial charge in [-0.25, -0.2) is 0 Å². The SMILES string of the molecule is O=C([O-])Cc1ccccc1O.O=C([O-])Cc1ccccc1O.[K+].[K+]. The fourth-order valence-electron chi connectivity index (χ4n) is 1.63. The Balaban J connectivity index is 0. The number of carboxylic acids is 2. The summed E-state index contributed by atoms with van der Waals surface area (Å²) in [6, 6.07) is 12.6. The van der Waals surface area contributed by atoms with Gasteiger partial charge in [0, 0.05) is 24.8 Å². The van der Waals surface area contributed by atoms with Gasteiger partial charge < -0.3 is 30.0 Å². The minimum absolute atomic E-state index is 0. The monoisotopic (exact) mass is 380 g/mol. The number of phenols is 2. The zero-order valence-corrected chi connectivity index (χ0v) is 19.8. The minimum atomic E-state index is -1.19. The number of hydrogen-bond acceptors (Lipinski definition) is 6. The van der Waals surface area contributed by atoms with Crippen LogP contribution in [0.3, 0.4) is 0 Å². The molecule has 0 bridgehead atoms. The molecule has 24 heavy (non-hydrogen) atoms. The molecule has 0 aromatic heterocycles. The topological polar surface area (TPSA) is 121 Å². The van der Waals surface area contributed by atoms with Crippen molar-refractivity contribution in [3.8, 4) is 11.5 Å². The number of carbonyl (C=O) groups excluding carboxylic acids is 2. The summed E-state index contributed by atoms with van der Waals surface area (Å²) in [6.07, 6.45) is -0.487. The van der Waals surface area contributed by atoms with Crippen LogP contribution in [0.1, 0.15) is 11.1 Å². The Morgan fingerprint density at radius 1 is 0.708 bits per heavy atom. The zero-order chi connectivity index (χ0) is 16.5. The van der Waals surface area contributed by atoms with Gasteiger partial charge in [-0.1, -0.05) is 36.4 Å². The molecule has 0 heterocycles. The number of hydrogen-bond donors (Lipinski definition) is 2. The first-order valence-corrected chi connectivity index (χ1v) is 6.33. The van der Waals surface area contributed by atoms with Crippen molar-refractivity contribution in [2.75, 3.05) is 0 Å². The summed E-state index contributed by atoms with van der Waals surface area (Å²) in [6.45, 7) is 0. The average Bonchev–Trinajstić information content (AvgIpc) is 2.44. The van der Waals surface area contributed by atoms with Gasteiger partial charge >= 0.3 is 103 Å². The minimum Gasteiger partial charge on any atom is -0.550 e. The van der Waals surface area contributed by atoms with Crippen molar-refractivity contribution in [3.63, 3.8) is 0 Å². The fourth-order valence-corrected chi connectivity index (χ4v) is 1.63. The summed E-state index contributed by atoms with van der Waals surface area (Å²) in [7, 11) is 0. The molecule has 2 aromatic carbocycles. The molecule has 0 aliphatic heterocycles. The van der Waals surface area contributed by atoms with Gasteiger partial charge in [-0.15, -0.1) is 0 Å². The van der Waals surface area contributed by atoms with Crippen molar-refractivity contribution >= 4 is 11.9 Å². The summed E-state index contributed by atoms with van der Waals surface area (Å²) in [5.74, 6) is -2.38. The Morgan fingerprint density at radius 3 is 1.25 bits per heavy atom. The number of carbonyl (C=O) groups is 2. The summed E-state index contributed by atoms with van der Waals surface area (Å²) >= 11 is 0. The Bertz CT molecular complexity index is 603. The molecule has 6 nitrogen and oxygen atoms in total. The Labute approximate surface area is 224 Å². The van der Waals surface area contributed by atoms with E-state index in [2.05, 4.69) is 0 Å². The van der Waals surface area contributed by atoms with Gasteiger partial charge in [-0.05, 0) is 23.3 Å². The first kappa shape index (κ1) is 26.5. The molecule has 116 valence electrons. The molecule has 0 amide bonds. The molecular weight excluding hydrogens is 366 g/mol. The molecule has 2 rings (SSSR count).